The molecular formula is C22H34ClFN6O3. The molecule has 2 amide bonds. The van der Waals surface area contributed by atoms with E-state index >= 15 is 4.39 Å². The third-order valence-electron chi connectivity index (χ3n) is 6.96. The molecule has 0 unspecified atom stereocenters. The Kier molecular flexibility index (Phi) is 8.83. The van der Waals surface area contributed by atoms with E-state index in [1.165, 1.54) is 0 Å². The van der Waals surface area contributed by atoms with Gasteiger partial charge in [0.25, 0.3) is 0 Å². The Morgan fingerprint density at radius 1 is 1.30 bits per heavy atom. The third-order valence-corrected chi connectivity index (χ3v) is 7.13. The molecular weight excluding hydrogens is 451 g/mol. The Bertz CT molecular complexity index is 829. The zero-order chi connectivity index (χ0) is 24.1. The quantitative estimate of drug-likeness (QED) is 0.240. The largest absolute Gasteiger partial charge is 0.351 e. The van der Waals surface area contributed by atoms with Gasteiger partial charge in [-0.25, -0.2) is 14.4 Å². The molecule has 2 aliphatic rings. The van der Waals surface area contributed by atoms with Crippen molar-refractivity contribution in [3.63, 3.8) is 0 Å². The minimum Gasteiger partial charge on any atom is -0.351 e. The van der Waals surface area contributed by atoms with Gasteiger partial charge in [-0.05, 0) is 44.8 Å². The summed E-state index contributed by atoms with van der Waals surface area (Å²) in [6.45, 7) is 5.06. The maximum absolute atomic E-state index is 15.3. The van der Waals surface area contributed by atoms with Gasteiger partial charge in [-0.3, -0.25) is 19.7 Å². The van der Waals surface area contributed by atoms with Gasteiger partial charge in [0, 0.05) is 25.2 Å². The highest BCUT2D eigenvalue weighted by Gasteiger charge is 2.31. The fraction of sp³-hybridized carbons (Fsp3) is 0.727. The molecule has 3 rings (SSSR count). The second-order valence-electron chi connectivity index (χ2n) is 9.37. The molecule has 9 nitrogen and oxygen atoms in total. The lowest BCUT2D eigenvalue weighted by Crippen LogP contribution is -2.55. The summed E-state index contributed by atoms with van der Waals surface area (Å²) in [5.41, 5.74) is 0.00782. The van der Waals surface area contributed by atoms with Crippen LogP contribution in [0.4, 0.5) is 10.2 Å². The average molecular weight is 485 g/mol. The second-order valence-corrected chi connectivity index (χ2v) is 9.71. The Balaban J connectivity index is 1.71. The molecule has 1 aromatic rings. The van der Waals surface area contributed by atoms with Crippen molar-refractivity contribution in [3.05, 3.63) is 16.8 Å². The predicted octanol–water partition coefficient (Wildman–Crippen LogP) is 2.46. The number of anilines is 1. The van der Waals surface area contributed by atoms with Crippen molar-refractivity contribution in [2.45, 2.75) is 64.6 Å². The Morgan fingerprint density at radius 3 is 2.55 bits per heavy atom. The van der Waals surface area contributed by atoms with Crippen LogP contribution >= 0.6 is 11.6 Å². The molecule has 1 aromatic heterocycles. The van der Waals surface area contributed by atoms with Gasteiger partial charge < -0.3 is 10.2 Å². The number of hydrogen-bond acceptors (Lipinski definition) is 7. The molecule has 1 aliphatic carbocycles. The number of carbonyl (C=O) groups is 2. The Labute approximate surface area is 199 Å². The first kappa shape index (κ1) is 25.6. The monoisotopic (exact) mass is 484 g/mol. The number of likely N-dealkylation sites (N-methyl/N-ethyl adjacent to an activating group) is 1. The van der Waals surface area contributed by atoms with Gasteiger partial charge in [0.05, 0.1) is 19.0 Å². The fourth-order valence-electron chi connectivity index (χ4n) is 4.85. The topological polar surface area (TPSA) is 102 Å². The van der Waals surface area contributed by atoms with Crippen LogP contribution in [0.2, 0.25) is 5.28 Å². The molecule has 0 bridgehead atoms. The molecule has 1 saturated carbocycles. The summed E-state index contributed by atoms with van der Waals surface area (Å²) in [7, 11) is 2.04. The average Bonchev–Trinajstić information content (AvgIpc) is 3.29. The SMILES string of the molecule is C[C@@H]1CN(c2nc(Cl)nc(CNC(=O)[C@H](CC3CCCC3)CN(O)C=O)c2F)C[C@H](C)N1C. The van der Waals surface area contributed by atoms with Gasteiger partial charge in [-0.15, -0.1) is 0 Å². The first-order valence-electron chi connectivity index (χ1n) is 11.6. The standard InChI is InChI=1S/C22H34ClFN6O3/c1-14-10-29(11-15(2)28(14)3)20-19(24)18(26-22(23)27-20)9-25-21(32)17(12-30(33)13-31)8-16-6-4-5-7-16/h13-17,33H,4-12H2,1-3H3,(H,25,32)/t14-,15+,17-/m1/s1. The number of piperazine rings is 1. The fourth-order valence-corrected chi connectivity index (χ4v) is 5.03. The van der Waals surface area contributed by atoms with Gasteiger partial charge in [-0.1, -0.05) is 25.7 Å². The van der Waals surface area contributed by atoms with Crippen molar-refractivity contribution in [1.82, 2.24) is 25.2 Å². The number of nitrogens with zero attached hydrogens (tertiary/aromatic N) is 5. The van der Waals surface area contributed by atoms with Gasteiger partial charge >= 0.3 is 0 Å². The van der Waals surface area contributed by atoms with Crippen LogP contribution in [-0.4, -0.2) is 76.2 Å². The summed E-state index contributed by atoms with van der Waals surface area (Å²) in [4.78, 5) is 36.0. The molecule has 184 valence electrons. The van der Waals surface area contributed by atoms with Crippen molar-refractivity contribution >= 4 is 29.7 Å². The Hall–Kier alpha value is -2.04. The molecule has 3 atom stereocenters. The lowest BCUT2D eigenvalue weighted by molar-refractivity contribution is -0.155. The maximum Gasteiger partial charge on any atom is 0.233 e. The Morgan fingerprint density at radius 2 is 1.94 bits per heavy atom. The van der Waals surface area contributed by atoms with E-state index in [4.69, 9.17) is 11.6 Å². The van der Waals surface area contributed by atoms with Gasteiger partial charge in [0.1, 0.15) is 5.69 Å². The summed E-state index contributed by atoms with van der Waals surface area (Å²) in [6.07, 6.45) is 5.13. The van der Waals surface area contributed by atoms with Crippen LogP contribution in [0.1, 0.15) is 51.6 Å². The van der Waals surface area contributed by atoms with Crippen LogP contribution in [0.25, 0.3) is 0 Å². The van der Waals surface area contributed by atoms with E-state index in [1.807, 2.05) is 11.9 Å². The van der Waals surface area contributed by atoms with Crippen molar-refractivity contribution in [1.29, 1.82) is 0 Å². The second kappa shape index (κ2) is 11.4. The van der Waals surface area contributed by atoms with E-state index in [2.05, 4.69) is 34.0 Å². The van der Waals surface area contributed by atoms with E-state index in [0.717, 1.165) is 25.7 Å². The molecule has 2 fully saturated rings. The summed E-state index contributed by atoms with van der Waals surface area (Å²) < 4.78 is 15.3. The molecule has 0 spiro atoms. The summed E-state index contributed by atoms with van der Waals surface area (Å²) in [6, 6.07) is 0.418. The van der Waals surface area contributed by atoms with Crippen LogP contribution in [0, 0.1) is 17.7 Å². The predicted molar refractivity (Wildman–Crippen MR) is 122 cm³/mol. The molecule has 0 radical (unpaired) electrons. The summed E-state index contributed by atoms with van der Waals surface area (Å²) >= 11 is 6.10. The van der Waals surface area contributed by atoms with Crippen molar-refractivity contribution in [2.75, 3.05) is 31.6 Å². The normalized spacial score (nSPS) is 22.9. The van der Waals surface area contributed by atoms with Gasteiger partial charge in [0.15, 0.2) is 11.6 Å². The number of halogens is 2. The highest BCUT2D eigenvalue weighted by atomic mass is 35.5. The molecule has 11 heteroatoms. The van der Waals surface area contributed by atoms with Crippen molar-refractivity contribution in [2.24, 2.45) is 11.8 Å². The van der Waals surface area contributed by atoms with Crippen LogP contribution in [0.15, 0.2) is 0 Å². The minimum atomic E-state index is -0.604. The number of aromatic nitrogens is 2. The van der Waals surface area contributed by atoms with E-state index in [-0.39, 0.29) is 54.3 Å². The molecule has 0 aromatic carbocycles. The van der Waals surface area contributed by atoms with E-state index in [0.29, 0.717) is 30.5 Å². The first-order valence-corrected chi connectivity index (χ1v) is 11.9. The molecule has 2 heterocycles. The van der Waals surface area contributed by atoms with Gasteiger partial charge in [-0.2, -0.15) is 4.98 Å². The third kappa shape index (κ3) is 6.51. The number of rotatable bonds is 9. The maximum atomic E-state index is 15.3. The number of amides is 2. The summed E-state index contributed by atoms with van der Waals surface area (Å²) in [5, 5.41) is 12.8. The van der Waals surface area contributed by atoms with Crippen LogP contribution in [0.5, 0.6) is 0 Å². The van der Waals surface area contributed by atoms with E-state index < -0.39 is 11.7 Å². The molecule has 33 heavy (non-hydrogen) atoms. The van der Waals surface area contributed by atoms with Crippen molar-refractivity contribution < 1.29 is 19.2 Å². The number of carbonyl (C=O) groups excluding carboxylic acids is 2. The van der Waals surface area contributed by atoms with Gasteiger partial charge in [0.2, 0.25) is 17.6 Å². The van der Waals surface area contributed by atoms with Crippen LogP contribution in [0.3, 0.4) is 0 Å². The molecule has 1 saturated heterocycles. The number of hydroxylamine groups is 2. The molecule has 1 aliphatic heterocycles. The van der Waals surface area contributed by atoms with Crippen LogP contribution in [-0.2, 0) is 16.1 Å². The number of hydrogen-bond donors (Lipinski definition) is 2. The zero-order valence-electron chi connectivity index (χ0n) is 19.5. The highest BCUT2D eigenvalue weighted by Crippen LogP contribution is 2.31. The first-order chi connectivity index (χ1) is 15.7. The minimum absolute atomic E-state index is 0.00782. The van der Waals surface area contributed by atoms with Crippen LogP contribution < -0.4 is 10.2 Å². The van der Waals surface area contributed by atoms with Crippen molar-refractivity contribution in [3.8, 4) is 0 Å². The lowest BCUT2D eigenvalue weighted by atomic mass is 9.92. The van der Waals surface area contributed by atoms with E-state index in [9.17, 15) is 14.8 Å². The lowest BCUT2D eigenvalue weighted by Gasteiger charge is -2.43. The summed E-state index contributed by atoms with van der Waals surface area (Å²) in [5.74, 6) is -1.05. The number of nitrogens with one attached hydrogen (secondary N) is 1. The highest BCUT2D eigenvalue weighted by molar-refractivity contribution is 6.28. The smallest absolute Gasteiger partial charge is 0.233 e. The zero-order valence-corrected chi connectivity index (χ0v) is 20.3. The van der Waals surface area contributed by atoms with E-state index in [1.54, 1.807) is 0 Å². The molecule has 2 N–H and O–H groups in total.